The summed E-state index contributed by atoms with van der Waals surface area (Å²) >= 11 is 3.43. The van der Waals surface area contributed by atoms with E-state index in [0.717, 1.165) is 19.2 Å². The second-order valence-corrected chi connectivity index (χ2v) is 8.44. The highest BCUT2D eigenvalue weighted by Gasteiger charge is 2.22. The number of hydrogen-bond donors (Lipinski definition) is 1. The van der Waals surface area contributed by atoms with Gasteiger partial charge < -0.3 is 0 Å². The number of halogens is 1. The molecule has 0 aromatic heterocycles. The summed E-state index contributed by atoms with van der Waals surface area (Å²) in [7, 11) is -2.82. The number of rotatable bonds is 3. The number of benzene rings is 3. The van der Waals surface area contributed by atoms with Gasteiger partial charge in [-0.1, -0.05) is 52.3 Å². The molecule has 0 N–H and O–H groups in total. The molecule has 0 radical (unpaired) electrons. The average molecular weight is 359 g/mol. The fourth-order valence-electron chi connectivity index (χ4n) is 2.37. The molecule has 0 saturated carbocycles. The lowest BCUT2D eigenvalue weighted by molar-refractivity contribution is 0.669. The number of hydrogen-bond acceptors (Lipinski definition) is 1. The summed E-state index contributed by atoms with van der Waals surface area (Å²) in [5.41, 5.74) is 0. The highest BCUT2D eigenvalue weighted by molar-refractivity contribution is 9.10. The molecule has 3 rings (SSSR count). The van der Waals surface area contributed by atoms with Crippen molar-refractivity contribution in [3.63, 3.8) is 0 Å². The van der Waals surface area contributed by atoms with Gasteiger partial charge in [-0.25, -0.2) is 0 Å². The molecule has 0 bridgehead atoms. The zero-order valence-corrected chi connectivity index (χ0v) is 13.8. The van der Waals surface area contributed by atoms with Crippen molar-refractivity contribution in [1.29, 1.82) is 0 Å². The van der Waals surface area contributed by atoms with Gasteiger partial charge in [0.15, 0.2) is 0 Å². The van der Waals surface area contributed by atoms with Crippen LogP contribution >= 0.6 is 15.9 Å². The zero-order valence-electron chi connectivity index (χ0n) is 11.3. The Kier molecular flexibility index (Phi) is 4.04. The van der Waals surface area contributed by atoms with Crippen LogP contribution in [-0.4, -0.2) is 4.21 Å². The fourth-order valence-corrected chi connectivity index (χ4v) is 5.29. The van der Waals surface area contributed by atoms with E-state index in [4.69, 9.17) is 0 Å². The number of thiol groups is 1. The van der Waals surface area contributed by atoms with Crippen LogP contribution in [0.15, 0.2) is 104 Å². The fraction of sp³-hybridized carbons (Fsp3) is 0. The largest absolute Gasteiger partial charge is 0.271 e. The molecule has 0 spiro atoms. The molecule has 0 aliphatic heterocycles. The third-order valence-electron chi connectivity index (χ3n) is 3.43. The van der Waals surface area contributed by atoms with E-state index >= 15 is 0 Å². The predicted molar refractivity (Wildman–Crippen MR) is 91.4 cm³/mol. The summed E-state index contributed by atoms with van der Waals surface area (Å²) in [6.07, 6.45) is 0. The van der Waals surface area contributed by atoms with E-state index in [2.05, 4.69) is 15.9 Å². The van der Waals surface area contributed by atoms with E-state index in [0.29, 0.717) is 0 Å². The van der Waals surface area contributed by atoms with E-state index in [-0.39, 0.29) is 0 Å². The zero-order chi connectivity index (χ0) is 14.7. The van der Waals surface area contributed by atoms with Crippen molar-refractivity contribution in [3.8, 4) is 0 Å². The van der Waals surface area contributed by atoms with E-state index in [1.165, 1.54) is 0 Å². The first-order valence-corrected chi connectivity index (χ1v) is 9.18. The monoisotopic (exact) mass is 358 g/mol. The van der Waals surface area contributed by atoms with Gasteiger partial charge in [0, 0.05) is 19.2 Å². The summed E-state index contributed by atoms with van der Waals surface area (Å²) in [4.78, 5) is 2.57. The van der Waals surface area contributed by atoms with Crippen LogP contribution in [0.25, 0.3) is 0 Å². The van der Waals surface area contributed by atoms with Gasteiger partial charge in [0.25, 0.3) is 0 Å². The maximum atomic E-state index is 13.9. The molecule has 3 aromatic carbocycles. The Hall–Kier alpha value is -1.71. The summed E-state index contributed by atoms with van der Waals surface area (Å²) < 4.78 is 14.9. The van der Waals surface area contributed by atoms with Crippen LogP contribution in [-0.2, 0) is 9.93 Å². The van der Waals surface area contributed by atoms with Gasteiger partial charge in [0.2, 0.25) is 0 Å². The molecular formula is C18H15BrOS. The third kappa shape index (κ3) is 2.71. The van der Waals surface area contributed by atoms with Crippen LogP contribution in [0.5, 0.6) is 0 Å². The lowest BCUT2D eigenvalue weighted by Gasteiger charge is -2.25. The Morgan fingerprint density at radius 3 is 1.38 bits per heavy atom. The molecule has 0 heterocycles. The van der Waals surface area contributed by atoms with Gasteiger partial charge >= 0.3 is 0 Å². The summed E-state index contributed by atoms with van der Waals surface area (Å²) in [5.74, 6) is 0. The Labute approximate surface area is 134 Å². The first kappa shape index (κ1) is 14.2. The SMILES string of the molecule is O=[SH](c1ccccc1)(c1ccccc1)c1ccc(Br)cc1. The van der Waals surface area contributed by atoms with E-state index in [1.807, 2.05) is 84.9 Å². The van der Waals surface area contributed by atoms with Crippen molar-refractivity contribution in [2.75, 3.05) is 0 Å². The van der Waals surface area contributed by atoms with Crippen LogP contribution in [0.4, 0.5) is 0 Å². The van der Waals surface area contributed by atoms with E-state index in [1.54, 1.807) is 0 Å². The summed E-state index contributed by atoms with van der Waals surface area (Å²) in [6.45, 7) is 0. The Bertz CT molecular complexity index is 724. The van der Waals surface area contributed by atoms with Crippen molar-refractivity contribution in [1.82, 2.24) is 0 Å². The third-order valence-corrected chi connectivity index (χ3v) is 7.03. The molecular weight excluding hydrogens is 344 g/mol. The molecule has 0 fully saturated rings. The van der Waals surface area contributed by atoms with Gasteiger partial charge in [-0.2, -0.15) is 0 Å². The van der Waals surface area contributed by atoms with Gasteiger partial charge in [0.1, 0.15) is 0 Å². The molecule has 3 aromatic rings. The van der Waals surface area contributed by atoms with Crippen molar-refractivity contribution in [2.45, 2.75) is 14.7 Å². The smallest absolute Gasteiger partial charge is 0.0230 e. The molecule has 0 unspecified atom stereocenters. The highest BCUT2D eigenvalue weighted by Crippen LogP contribution is 2.36. The summed E-state index contributed by atoms with van der Waals surface area (Å²) in [5, 5.41) is 0. The van der Waals surface area contributed by atoms with Crippen molar-refractivity contribution >= 4 is 25.9 Å². The Morgan fingerprint density at radius 1 is 0.571 bits per heavy atom. The minimum atomic E-state index is -2.82. The molecule has 1 nitrogen and oxygen atoms in total. The van der Waals surface area contributed by atoms with Crippen molar-refractivity contribution < 1.29 is 4.21 Å². The van der Waals surface area contributed by atoms with Crippen LogP contribution in [0.3, 0.4) is 0 Å². The molecule has 21 heavy (non-hydrogen) atoms. The standard InChI is InChI=1S/C18H15BrOS/c19-15-11-13-18(14-12-15)21(20,16-7-3-1-4-8-16)17-9-5-2-6-10-17/h1-14,21H. The second-order valence-electron chi connectivity index (χ2n) is 4.76. The Balaban J connectivity index is 2.26. The summed E-state index contributed by atoms with van der Waals surface area (Å²) in [6, 6.07) is 27.1. The second kappa shape index (κ2) is 5.96. The normalized spacial score (nSPS) is 12.0. The van der Waals surface area contributed by atoms with E-state index in [9.17, 15) is 4.21 Å². The maximum absolute atomic E-state index is 13.9. The van der Waals surface area contributed by atoms with Crippen LogP contribution in [0.1, 0.15) is 0 Å². The molecule has 0 aliphatic rings. The maximum Gasteiger partial charge on any atom is 0.0230 e. The predicted octanol–water partition coefficient (Wildman–Crippen LogP) is 4.94. The highest BCUT2D eigenvalue weighted by atomic mass is 79.9. The minimum Gasteiger partial charge on any atom is -0.271 e. The average Bonchev–Trinajstić information content (AvgIpc) is 2.56. The first-order valence-electron chi connectivity index (χ1n) is 6.69. The first-order chi connectivity index (χ1) is 10.2. The van der Waals surface area contributed by atoms with Crippen molar-refractivity contribution in [3.05, 3.63) is 89.4 Å². The Morgan fingerprint density at radius 2 is 0.952 bits per heavy atom. The molecule has 0 saturated heterocycles. The van der Waals surface area contributed by atoms with Gasteiger partial charge in [-0.15, -0.1) is 0 Å². The topological polar surface area (TPSA) is 17.1 Å². The van der Waals surface area contributed by atoms with E-state index < -0.39 is 9.93 Å². The van der Waals surface area contributed by atoms with Gasteiger partial charge in [0.05, 0.1) is 0 Å². The van der Waals surface area contributed by atoms with Crippen LogP contribution in [0, 0.1) is 0 Å². The van der Waals surface area contributed by atoms with Gasteiger partial charge in [-0.05, 0) is 58.5 Å². The molecule has 0 atom stereocenters. The van der Waals surface area contributed by atoms with Gasteiger partial charge in [-0.3, -0.25) is 4.21 Å². The van der Waals surface area contributed by atoms with Crippen LogP contribution < -0.4 is 0 Å². The molecule has 3 heteroatoms. The quantitative estimate of drug-likeness (QED) is 0.656. The van der Waals surface area contributed by atoms with Crippen LogP contribution in [0.2, 0.25) is 0 Å². The lowest BCUT2D eigenvalue weighted by Crippen LogP contribution is -2.13. The van der Waals surface area contributed by atoms with Crippen molar-refractivity contribution in [2.24, 2.45) is 0 Å². The lowest BCUT2D eigenvalue weighted by atomic mass is 10.4. The minimum absolute atomic E-state index is 0.850. The molecule has 0 amide bonds. The molecule has 106 valence electrons. The molecule has 0 aliphatic carbocycles.